The molecule has 0 saturated carbocycles. The zero-order valence-electron chi connectivity index (χ0n) is 21.7. The van der Waals surface area contributed by atoms with Crippen molar-refractivity contribution in [3.8, 4) is 23.0 Å². The largest absolute Gasteiger partial charge is 0.493 e. The van der Waals surface area contributed by atoms with Crippen LogP contribution in [0.1, 0.15) is 15.2 Å². The molecule has 10 heteroatoms. The molecule has 0 aliphatic heterocycles. The maximum Gasteiger partial charge on any atom is 0.355 e. The number of hydrogen-bond donors (Lipinski definition) is 1. The number of esters is 1. The number of hydrogen-bond acceptors (Lipinski definition) is 8. The third-order valence-electron chi connectivity index (χ3n) is 5.69. The van der Waals surface area contributed by atoms with Crippen molar-refractivity contribution in [2.24, 2.45) is 5.10 Å². The van der Waals surface area contributed by atoms with Gasteiger partial charge in [-0.05, 0) is 54.1 Å². The first kappa shape index (κ1) is 27.7. The minimum absolute atomic E-state index is 0.208. The number of nitrogens with zero attached hydrogens (tertiary/aromatic N) is 1. The lowest BCUT2D eigenvalue weighted by Crippen LogP contribution is -2.40. The van der Waals surface area contributed by atoms with Gasteiger partial charge in [-0.2, -0.15) is 5.10 Å². The molecule has 5 aromatic rings. The maximum atomic E-state index is 12.9. The summed E-state index contributed by atoms with van der Waals surface area (Å²) in [7, 11) is 1.45. The lowest BCUT2D eigenvalue weighted by Gasteiger charge is -2.18. The number of ether oxygens (including phenoxy) is 4. The number of halogens is 1. The van der Waals surface area contributed by atoms with Crippen LogP contribution in [0, 0.1) is 0 Å². The fourth-order valence-electron chi connectivity index (χ4n) is 3.74. The summed E-state index contributed by atoms with van der Waals surface area (Å²) >= 11 is 7.68. The molecule has 1 aromatic heterocycles. The maximum absolute atomic E-state index is 12.9. The highest BCUT2D eigenvalue weighted by atomic mass is 35.5. The molecule has 5 rings (SSSR count). The SMILES string of the molecule is COc1cc(/C=N\NC(=O)C(Oc2ccccc2)Oc2ccccc2)ccc1OC(=O)c1sc2ccccc2c1Cl. The fraction of sp³-hybridized carbons (Fsp3) is 0.0645. The lowest BCUT2D eigenvalue weighted by molar-refractivity contribution is -0.140. The number of benzene rings is 4. The molecule has 0 aliphatic carbocycles. The molecule has 1 amide bonds. The molecule has 41 heavy (non-hydrogen) atoms. The van der Waals surface area contributed by atoms with Crippen LogP contribution in [0.5, 0.6) is 23.0 Å². The number of rotatable bonds is 10. The topological polar surface area (TPSA) is 95.5 Å². The summed E-state index contributed by atoms with van der Waals surface area (Å²) in [6, 6.07) is 30.0. The third kappa shape index (κ3) is 6.84. The van der Waals surface area contributed by atoms with E-state index in [2.05, 4.69) is 10.5 Å². The molecule has 0 fully saturated rings. The van der Waals surface area contributed by atoms with Crippen molar-refractivity contribution < 1.29 is 28.5 Å². The monoisotopic (exact) mass is 586 g/mol. The summed E-state index contributed by atoms with van der Waals surface area (Å²) in [5.74, 6) is 0.208. The van der Waals surface area contributed by atoms with Crippen molar-refractivity contribution in [2.45, 2.75) is 6.29 Å². The van der Waals surface area contributed by atoms with Crippen molar-refractivity contribution in [1.82, 2.24) is 5.43 Å². The second-order valence-electron chi connectivity index (χ2n) is 8.47. The second-order valence-corrected chi connectivity index (χ2v) is 9.90. The Balaban J connectivity index is 1.26. The lowest BCUT2D eigenvalue weighted by atomic mass is 10.2. The molecular weight excluding hydrogens is 564 g/mol. The first-order valence-electron chi connectivity index (χ1n) is 12.4. The molecule has 0 aliphatic rings. The molecule has 0 atom stereocenters. The van der Waals surface area contributed by atoms with Crippen molar-refractivity contribution in [3.63, 3.8) is 0 Å². The van der Waals surface area contributed by atoms with Crippen LogP contribution in [-0.2, 0) is 4.79 Å². The van der Waals surface area contributed by atoms with Crippen molar-refractivity contribution in [3.05, 3.63) is 119 Å². The molecule has 1 N–H and O–H groups in total. The average Bonchev–Trinajstić information content (AvgIpc) is 3.35. The Morgan fingerprint density at radius 3 is 2.12 bits per heavy atom. The minimum Gasteiger partial charge on any atom is -0.493 e. The molecule has 0 unspecified atom stereocenters. The van der Waals surface area contributed by atoms with Gasteiger partial charge in [0.15, 0.2) is 11.5 Å². The zero-order valence-corrected chi connectivity index (χ0v) is 23.2. The van der Waals surface area contributed by atoms with Crippen LogP contribution in [0.2, 0.25) is 5.02 Å². The Kier molecular flexibility index (Phi) is 8.78. The van der Waals surface area contributed by atoms with Crippen LogP contribution in [0.15, 0.2) is 108 Å². The van der Waals surface area contributed by atoms with Gasteiger partial charge in [-0.1, -0.05) is 66.2 Å². The molecule has 0 spiro atoms. The van der Waals surface area contributed by atoms with E-state index >= 15 is 0 Å². The third-order valence-corrected chi connectivity index (χ3v) is 7.34. The van der Waals surface area contributed by atoms with Gasteiger partial charge in [-0.3, -0.25) is 4.79 Å². The molecule has 0 saturated heterocycles. The summed E-state index contributed by atoms with van der Waals surface area (Å²) in [6.45, 7) is 0. The smallest absolute Gasteiger partial charge is 0.355 e. The summed E-state index contributed by atoms with van der Waals surface area (Å²) in [6.07, 6.45) is 0.116. The molecule has 4 aromatic carbocycles. The number of fused-ring (bicyclic) bond motifs is 1. The number of carbonyl (C=O) groups excluding carboxylic acids is 2. The van der Waals surface area contributed by atoms with Gasteiger partial charge in [-0.15, -0.1) is 11.3 Å². The summed E-state index contributed by atoms with van der Waals surface area (Å²) in [4.78, 5) is 26.1. The first-order chi connectivity index (χ1) is 20.0. The quantitative estimate of drug-likeness (QED) is 0.0642. The van der Waals surface area contributed by atoms with E-state index in [1.54, 1.807) is 66.7 Å². The van der Waals surface area contributed by atoms with Gasteiger partial charge < -0.3 is 18.9 Å². The number of methoxy groups -OCH3 is 1. The van der Waals surface area contributed by atoms with Gasteiger partial charge in [-0.25, -0.2) is 10.2 Å². The number of thiophene rings is 1. The number of nitrogens with one attached hydrogen (secondary N) is 1. The summed E-state index contributed by atoms with van der Waals surface area (Å²) < 4.78 is 23.4. The van der Waals surface area contributed by atoms with Gasteiger partial charge in [0.05, 0.1) is 18.3 Å². The van der Waals surface area contributed by atoms with Gasteiger partial charge in [0.1, 0.15) is 16.4 Å². The number of amides is 1. The van der Waals surface area contributed by atoms with Crippen LogP contribution in [0.3, 0.4) is 0 Å². The predicted octanol–water partition coefficient (Wildman–Crippen LogP) is 6.72. The van der Waals surface area contributed by atoms with Crippen molar-refractivity contribution in [1.29, 1.82) is 0 Å². The Labute approximate surface area is 244 Å². The number of carbonyl (C=O) groups is 2. The Morgan fingerprint density at radius 2 is 1.49 bits per heavy atom. The Morgan fingerprint density at radius 1 is 0.854 bits per heavy atom. The molecule has 0 bridgehead atoms. The van der Waals surface area contributed by atoms with Gasteiger partial charge in [0.25, 0.3) is 0 Å². The molecule has 206 valence electrons. The van der Waals surface area contributed by atoms with Crippen molar-refractivity contribution in [2.75, 3.05) is 7.11 Å². The highest BCUT2D eigenvalue weighted by molar-refractivity contribution is 7.21. The minimum atomic E-state index is -1.30. The van der Waals surface area contributed by atoms with Crippen LogP contribution in [-0.4, -0.2) is 31.5 Å². The average molecular weight is 587 g/mol. The van der Waals surface area contributed by atoms with E-state index in [0.717, 1.165) is 10.1 Å². The summed E-state index contributed by atoms with van der Waals surface area (Å²) in [5.41, 5.74) is 3.01. The van der Waals surface area contributed by atoms with E-state index in [1.807, 2.05) is 36.4 Å². The summed E-state index contributed by atoms with van der Waals surface area (Å²) in [5, 5.41) is 5.17. The van der Waals surface area contributed by atoms with Gasteiger partial charge >= 0.3 is 18.2 Å². The number of para-hydroxylation sites is 2. The Bertz CT molecular complexity index is 1650. The van der Waals surface area contributed by atoms with Crippen LogP contribution < -0.4 is 24.4 Å². The highest BCUT2D eigenvalue weighted by Gasteiger charge is 2.23. The molecular formula is C31H23ClN2O6S. The number of hydrazone groups is 1. The molecule has 1 heterocycles. The predicted molar refractivity (Wildman–Crippen MR) is 158 cm³/mol. The van der Waals surface area contributed by atoms with Gasteiger partial charge in [0.2, 0.25) is 0 Å². The van der Waals surface area contributed by atoms with E-state index in [4.69, 9.17) is 30.5 Å². The van der Waals surface area contributed by atoms with Crippen LogP contribution in [0.25, 0.3) is 10.1 Å². The fourth-order valence-corrected chi connectivity index (χ4v) is 5.12. The Hall–Kier alpha value is -4.86. The van der Waals surface area contributed by atoms with Crippen molar-refractivity contribution >= 4 is 51.1 Å². The van der Waals surface area contributed by atoms with E-state index in [-0.39, 0.29) is 5.75 Å². The van der Waals surface area contributed by atoms with E-state index < -0.39 is 18.2 Å². The second kappa shape index (κ2) is 13.0. The van der Waals surface area contributed by atoms with E-state index in [9.17, 15) is 9.59 Å². The van der Waals surface area contributed by atoms with Gasteiger partial charge in [0, 0.05) is 10.1 Å². The van der Waals surface area contributed by atoms with Crippen LogP contribution >= 0.6 is 22.9 Å². The molecule has 8 nitrogen and oxygen atoms in total. The molecule has 0 radical (unpaired) electrons. The standard InChI is InChI=1S/C31H23ClN2O6S/c1-37-25-18-20(16-17-24(25)40-30(36)28-27(32)23-14-8-9-15-26(23)41-28)19-33-34-29(35)31(38-21-10-4-2-5-11-21)39-22-12-6-3-7-13-22/h2-19,31H,1H3,(H,34,35)/b33-19-. The highest BCUT2D eigenvalue weighted by Crippen LogP contribution is 2.37. The normalized spacial score (nSPS) is 11.0. The van der Waals surface area contributed by atoms with E-state index in [1.165, 1.54) is 24.7 Å². The van der Waals surface area contributed by atoms with E-state index in [0.29, 0.717) is 32.7 Å². The van der Waals surface area contributed by atoms with Crippen LogP contribution in [0.4, 0.5) is 0 Å². The zero-order chi connectivity index (χ0) is 28.6. The first-order valence-corrected chi connectivity index (χ1v) is 13.5.